The Morgan fingerprint density at radius 3 is 0.732 bits per heavy atom. The Morgan fingerprint density at radius 1 is 0.183 bits per heavy atom. The maximum absolute atomic E-state index is 2.41. The van der Waals surface area contributed by atoms with Gasteiger partial charge in [0.2, 0.25) is 0 Å². The van der Waals surface area contributed by atoms with Crippen molar-refractivity contribution in [2.75, 3.05) is 9.80 Å². The monoisotopic (exact) mass is 907 g/mol. The van der Waals surface area contributed by atoms with Gasteiger partial charge in [-0.1, -0.05) is 127 Å². The predicted octanol–water partition coefficient (Wildman–Crippen LogP) is 17.9. The number of hydrogen-bond acceptors (Lipinski definition) is 2. The molecular formula is C66H45N5. The van der Waals surface area contributed by atoms with E-state index in [0.717, 1.165) is 62.2 Å². The van der Waals surface area contributed by atoms with Crippen LogP contribution in [-0.4, -0.2) is 13.7 Å². The fourth-order valence-electron chi connectivity index (χ4n) is 11.1. The minimum Gasteiger partial charge on any atom is -0.310 e. The maximum atomic E-state index is 2.41. The smallest absolute Gasteiger partial charge is 0.0542 e. The Bertz CT molecular complexity index is 4010. The van der Waals surface area contributed by atoms with E-state index >= 15 is 0 Å². The van der Waals surface area contributed by atoms with E-state index in [1.807, 2.05) is 0 Å². The van der Waals surface area contributed by atoms with Crippen LogP contribution in [0.25, 0.3) is 82.5 Å². The predicted molar refractivity (Wildman–Crippen MR) is 299 cm³/mol. The molecular weight excluding hydrogens is 863 g/mol. The third-order valence-electron chi connectivity index (χ3n) is 14.1. The summed E-state index contributed by atoms with van der Waals surface area (Å²) in [6, 6.07) is 98.9. The zero-order valence-electron chi connectivity index (χ0n) is 38.7. The Hall–Kier alpha value is -9.58. The number of hydrogen-bond donors (Lipinski definition) is 0. The maximum Gasteiger partial charge on any atom is 0.0542 e. The van der Waals surface area contributed by atoms with Crippen molar-refractivity contribution in [2.24, 2.45) is 0 Å². The average molecular weight is 908 g/mol. The lowest BCUT2D eigenvalue weighted by molar-refractivity contribution is 1.18. The van der Waals surface area contributed by atoms with E-state index < -0.39 is 0 Å². The number of rotatable bonds is 9. The van der Waals surface area contributed by atoms with Crippen LogP contribution in [-0.2, 0) is 0 Å². The van der Waals surface area contributed by atoms with Gasteiger partial charge < -0.3 is 23.5 Å². The molecule has 0 unspecified atom stereocenters. The first-order chi connectivity index (χ1) is 35.2. The lowest BCUT2D eigenvalue weighted by Crippen LogP contribution is -2.10. The first-order valence-corrected chi connectivity index (χ1v) is 24.3. The first kappa shape index (κ1) is 40.5. The van der Waals surface area contributed by atoms with Gasteiger partial charge in [0.05, 0.1) is 33.1 Å². The molecule has 0 aliphatic rings. The summed E-state index contributed by atoms with van der Waals surface area (Å²) in [6.45, 7) is 0. The molecule has 334 valence electrons. The lowest BCUT2D eigenvalue weighted by atomic mass is 10.1. The van der Waals surface area contributed by atoms with Crippen LogP contribution in [0.4, 0.5) is 34.1 Å². The minimum atomic E-state index is 1.08. The van der Waals surface area contributed by atoms with Crippen molar-refractivity contribution in [3.63, 3.8) is 0 Å². The molecule has 0 bridgehead atoms. The Kier molecular flexibility index (Phi) is 9.46. The van der Waals surface area contributed by atoms with Gasteiger partial charge >= 0.3 is 0 Å². The van der Waals surface area contributed by atoms with Crippen LogP contribution in [0.3, 0.4) is 0 Å². The topological polar surface area (TPSA) is 21.3 Å². The van der Waals surface area contributed by atoms with Crippen molar-refractivity contribution in [3.8, 4) is 17.1 Å². The average Bonchev–Trinajstić information content (AvgIpc) is 4.07. The van der Waals surface area contributed by atoms with Gasteiger partial charge in [0.1, 0.15) is 0 Å². The molecule has 0 radical (unpaired) electrons. The zero-order chi connectivity index (χ0) is 46.8. The summed E-state index contributed by atoms with van der Waals surface area (Å²) in [5.74, 6) is 0. The number of nitrogens with zero attached hydrogens (tertiary/aromatic N) is 5. The molecule has 71 heavy (non-hydrogen) atoms. The van der Waals surface area contributed by atoms with Crippen LogP contribution in [0.2, 0.25) is 0 Å². The van der Waals surface area contributed by atoms with Crippen LogP contribution in [0, 0.1) is 0 Å². The Labute approximate surface area is 411 Å². The van der Waals surface area contributed by atoms with Crippen molar-refractivity contribution < 1.29 is 0 Å². The number of aromatic nitrogens is 3. The van der Waals surface area contributed by atoms with Gasteiger partial charge in [0.15, 0.2) is 0 Å². The van der Waals surface area contributed by atoms with Gasteiger partial charge in [-0.05, 0) is 146 Å². The van der Waals surface area contributed by atoms with Crippen LogP contribution < -0.4 is 9.80 Å². The summed E-state index contributed by atoms with van der Waals surface area (Å²) in [5.41, 5.74) is 16.9. The van der Waals surface area contributed by atoms with Gasteiger partial charge in [0.25, 0.3) is 0 Å². The molecule has 0 saturated heterocycles. The summed E-state index contributed by atoms with van der Waals surface area (Å²) in [5, 5.41) is 7.19. The van der Waals surface area contributed by atoms with Crippen molar-refractivity contribution in [1.29, 1.82) is 0 Å². The highest BCUT2D eigenvalue weighted by Gasteiger charge is 2.23. The Morgan fingerprint density at radius 2 is 0.423 bits per heavy atom. The largest absolute Gasteiger partial charge is 0.310 e. The van der Waals surface area contributed by atoms with Gasteiger partial charge in [-0.25, -0.2) is 0 Å². The van der Waals surface area contributed by atoms with Gasteiger partial charge in [0, 0.05) is 83.5 Å². The van der Waals surface area contributed by atoms with Crippen LogP contribution in [0.5, 0.6) is 0 Å². The van der Waals surface area contributed by atoms with Crippen molar-refractivity contribution in [3.05, 3.63) is 273 Å². The van der Waals surface area contributed by atoms with Crippen LogP contribution >= 0.6 is 0 Å². The zero-order valence-corrected chi connectivity index (χ0v) is 38.7. The van der Waals surface area contributed by atoms with Crippen molar-refractivity contribution >= 4 is 99.5 Å². The SMILES string of the molecule is c1ccc(N(c2ccc3c(c2)c2ccccc2n3-c2ccccc2)c2ccc3c(c2)c2cc(N(c4ccccc4)c4ccc5c(c4)c4ccccc4n5-c4ccccc4)ccc2n3-c2ccccc2)cc1. The molecule has 5 nitrogen and oxygen atoms in total. The van der Waals surface area contributed by atoms with E-state index in [0.29, 0.717) is 0 Å². The molecule has 3 aromatic heterocycles. The van der Waals surface area contributed by atoms with E-state index in [2.05, 4.69) is 296 Å². The first-order valence-electron chi connectivity index (χ1n) is 24.3. The molecule has 14 aromatic rings. The minimum absolute atomic E-state index is 1.08. The molecule has 14 rings (SSSR count). The fourth-order valence-corrected chi connectivity index (χ4v) is 11.1. The van der Waals surface area contributed by atoms with Crippen LogP contribution in [0.1, 0.15) is 0 Å². The number of benzene rings is 11. The van der Waals surface area contributed by atoms with E-state index in [9.17, 15) is 0 Å². The number of para-hydroxylation sites is 7. The number of anilines is 6. The highest BCUT2D eigenvalue weighted by atomic mass is 15.2. The van der Waals surface area contributed by atoms with Crippen LogP contribution in [0.15, 0.2) is 273 Å². The third-order valence-corrected chi connectivity index (χ3v) is 14.1. The molecule has 0 aliphatic heterocycles. The summed E-state index contributed by atoms with van der Waals surface area (Å²) in [4.78, 5) is 4.81. The molecule has 3 heterocycles. The summed E-state index contributed by atoms with van der Waals surface area (Å²) >= 11 is 0. The highest BCUT2D eigenvalue weighted by molar-refractivity contribution is 6.14. The highest BCUT2D eigenvalue weighted by Crippen LogP contribution is 2.45. The van der Waals surface area contributed by atoms with Crippen molar-refractivity contribution in [1.82, 2.24) is 13.7 Å². The van der Waals surface area contributed by atoms with E-state index in [4.69, 9.17) is 0 Å². The molecule has 0 amide bonds. The van der Waals surface area contributed by atoms with E-state index in [-0.39, 0.29) is 0 Å². The third kappa shape index (κ3) is 6.63. The molecule has 0 atom stereocenters. The molecule has 0 aliphatic carbocycles. The molecule has 0 N–H and O–H groups in total. The van der Waals surface area contributed by atoms with Crippen molar-refractivity contribution in [2.45, 2.75) is 0 Å². The second-order valence-corrected chi connectivity index (χ2v) is 18.2. The second kappa shape index (κ2) is 16.6. The van der Waals surface area contributed by atoms with Gasteiger partial charge in [-0.3, -0.25) is 0 Å². The molecule has 0 spiro atoms. The molecule has 11 aromatic carbocycles. The molecule has 0 saturated carbocycles. The summed E-state index contributed by atoms with van der Waals surface area (Å²) in [7, 11) is 0. The number of fused-ring (bicyclic) bond motifs is 9. The molecule has 0 fully saturated rings. The standard InChI is InChI=1S/C66H45N5/c1-6-20-46(21-7-1)67(51-34-38-63-57(42-51)55-30-16-18-32-61(55)69(63)48-24-10-3-11-25-48)53-36-40-65-59(44-53)60-45-54(37-41-66(60)71(65)50-28-14-5-15-29-50)68(47-22-8-2-9-23-47)52-35-39-64-58(43-52)56-31-17-19-33-62(56)70(64)49-26-12-4-13-27-49/h1-45H. The van der Waals surface area contributed by atoms with Gasteiger partial charge in [-0.2, -0.15) is 0 Å². The fraction of sp³-hybridized carbons (Fsp3) is 0. The Balaban J connectivity index is 0.978. The quantitative estimate of drug-likeness (QED) is 0.144. The van der Waals surface area contributed by atoms with E-state index in [1.165, 1.54) is 54.4 Å². The second-order valence-electron chi connectivity index (χ2n) is 18.2. The normalized spacial score (nSPS) is 11.7. The summed E-state index contributed by atoms with van der Waals surface area (Å²) in [6.07, 6.45) is 0. The summed E-state index contributed by atoms with van der Waals surface area (Å²) < 4.78 is 7.17. The molecule has 5 heteroatoms. The lowest BCUT2D eigenvalue weighted by Gasteiger charge is -2.26. The van der Waals surface area contributed by atoms with Gasteiger partial charge in [-0.15, -0.1) is 0 Å². The van der Waals surface area contributed by atoms with E-state index in [1.54, 1.807) is 0 Å².